The van der Waals surface area contributed by atoms with Gasteiger partial charge in [0.1, 0.15) is 17.2 Å². The van der Waals surface area contributed by atoms with Gasteiger partial charge in [-0.05, 0) is 67.4 Å². The van der Waals surface area contributed by atoms with Gasteiger partial charge in [-0.2, -0.15) is 0 Å². The number of benzene rings is 3. The van der Waals surface area contributed by atoms with E-state index in [2.05, 4.69) is 179 Å². The van der Waals surface area contributed by atoms with Crippen LogP contribution in [0.5, 0.6) is 17.2 Å². The third kappa shape index (κ3) is 10.8. The Kier molecular flexibility index (Phi) is 12.4. The SMILES string of the molecule is CC(C)(C)c1ccc(OP(Oc2ccc(C(C)(C)C)cc2C(C)(C)C)Oc2ccc(C(C)(C)C)cc2C(C)(C)C)c(C(C)(C)C)c1.[Rh]. The second kappa shape index (κ2) is 14.2. The van der Waals surface area contributed by atoms with E-state index in [-0.39, 0.29) is 52.0 Å². The van der Waals surface area contributed by atoms with Crippen molar-refractivity contribution < 1.29 is 33.0 Å². The van der Waals surface area contributed by atoms with Crippen LogP contribution in [0, 0.1) is 0 Å². The molecule has 1 radical (unpaired) electrons. The fourth-order valence-corrected chi connectivity index (χ4v) is 6.35. The van der Waals surface area contributed by atoms with Crippen LogP contribution < -0.4 is 13.6 Å². The molecule has 0 saturated heterocycles. The van der Waals surface area contributed by atoms with Crippen LogP contribution in [-0.2, 0) is 52.0 Å². The van der Waals surface area contributed by atoms with Gasteiger partial charge in [0.05, 0.1) is 0 Å². The van der Waals surface area contributed by atoms with Crippen LogP contribution in [0.1, 0.15) is 158 Å². The van der Waals surface area contributed by atoms with Crippen molar-refractivity contribution in [1.29, 1.82) is 0 Å². The van der Waals surface area contributed by atoms with Crippen LogP contribution in [0.25, 0.3) is 0 Å². The van der Waals surface area contributed by atoms with Crippen LogP contribution in [-0.4, -0.2) is 0 Å². The summed E-state index contributed by atoms with van der Waals surface area (Å²) in [5.41, 5.74) is 6.85. The van der Waals surface area contributed by atoms with Crippen molar-refractivity contribution in [2.24, 2.45) is 0 Å². The van der Waals surface area contributed by atoms with Crippen LogP contribution >= 0.6 is 8.60 Å². The molecule has 0 N–H and O–H groups in total. The largest absolute Gasteiger partial charge is 0.530 e. The monoisotopic (exact) mass is 749 g/mol. The maximum absolute atomic E-state index is 6.90. The number of hydrogen-bond donors (Lipinski definition) is 0. The third-order valence-electron chi connectivity index (χ3n) is 8.48. The summed E-state index contributed by atoms with van der Waals surface area (Å²) < 4.78 is 20.7. The van der Waals surface area contributed by atoms with Crippen LogP contribution in [0.4, 0.5) is 0 Å². The molecule has 5 heteroatoms. The second-order valence-electron chi connectivity index (χ2n) is 19.1. The van der Waals surface area contributed by atoms with E-state index >= 15 is 0 Å². The summed E-state index contributed by atoms with van der Waals surface area (Å²) in [5.74, 6) is 2.37. The van der Waals surface area contributed by atoms with Gasteiger partial charge in [-0.15, -0.1) is 0 Å². The average Bonchev–Trinajstić information content (AvgIpc) is 2.85. The molecular weight excluding hydrogens is 686 g/mol. The predicted molar refractivity (Wildman–Crippen MR) is 200 cm³/mol. The van der Waals surface area contributed by atoms with Crippen molar-refractivity contribution >= 4 is 8.60 Å². The van der Waals surface area contributed by atoms with E-state index in [9.17, 15) is 0 Å². The molecule has 3 aromatic rings. The average molecular weight is 750 g/mol. The first-order valence-electron chi connectivity index (χ1n) is 16.9. The van der Waals surface area contributed by atoms with Crippen molar-refractivity contribution in [3.05, 3.63) is 88.0 Å². The molecule has 0 spiro atoms. The minimum absolute atomic E-state index is 0. The smallest absolute Gasteiger partial charge is 0.408 e. The van der Waals surface area contributed by atoms with Gasteiger partial charge in [0.2, 0.25) is 0 Å². The summed E-state index contributed by atoms with van der Waals surface area (Å²) in [7, 11) is -1.89. The van der Waals surface area contributed by atoms with Crippen LogP contribution in [0.2, 0.25) is 0 Å². The quantitative estimate of drug-likeness (QED) is 0.186. The summed E-state index contributed by atoms with van der Waals surface area (Å²) in [6.45, 7) is 40.3. The fraction of sp³-hybridized carbons (Fsp3) is 0.571. The van der Waals surface area contributed by atoms with Crippen molar-refractivity contribution in [2.75, 3.05) is 0 Å². The zero-order chi connectivity index (χ0) is 35.3. The zero-order valence-electron chi connectivity index (χ0n) is 32.7. The Morgan fingerprint density at radius 3 is 0.723 bits per heavy atom. The Morgan fingerprint density at radius 2 is 0.553 bits per heavy atom. The Hall–Kier alpha value is -1.89. The summed E-state index contributed by atoms with van der Waals surface area (Å²) in [6.07, 6.45) is 0. The summed E-state index contributed by atoms with van der Waals surface area (Å²) in [6, 6.07) is 19.7. The molecule has 0 heterocycles. The molecule has 0 unspecified atom stereocenters. The van der Waals surface area contributed by atoms with Gasteiger partial charge in [0.15, 0.2) is 0 Å². The van der Waals surface area contributed by atoms with Crippen LogP contribution in [0.15, 0.2) is 54.6 Å². The van der Waals surface area contributed by atoms with E-state index in [1.54, 1.807) is 0 Å². The van der Waals surface area contributed by atoms with Crippen molar-refractivity contribution in [1.82, 2.24) is 0 Å². The molecule has 0 aliphatic heterocycles. The minimum atomic E-state index is -1.89. The van der Waals surface area contributed by atoms with E-state index in [4.69, 9.17) is 13.6 Å². The molecule has 0 amide bonds. The maximum atomic E-state index is 6.90. The molecule has 3 nitrogen and oxygen atoms in total. The predicted octanol–water partition coefficient (Wildman–Crippen LogP) is 13.2. The van der Waals surface area contributed by atoms with E-state index in [0.29, 0.717) is 0 Å². The maximum Gasteiger partial charge on any atom is 0.530 e. The molecule has 0 aliphatic rings. The third-order valence-corrected chi connectivity index (χ3v) is 9.52. The number of rotatable bonds is 6. The summed E-state index contributed by atoms with van der Waals surface area (Å²) in [5, 5.41) is 0. The Bertz CT molecular complexity index is 1330. The zero-order valence-corrected chi connectivity index (χ0v) is 35.2. The van der Waals surface area contributed by atoms with Crippen molar-refractivity contribution in [2.45, 2.75) is 157 Å². The molecule has 0 aliphatic carbocycles. The van der Waals surface area contributed by atoms with E-state index < -0.39 is 8.60 Å². The molecule has 3 aromatic carbocycles. The van der Waals surface area contributed by atoms with Crippen LogP contribution in [0.3, 0.4) is 0 Å². The van der Waals surface area contributed by atoms with Gasteiger partial charge in [-0.1, -0.05) is 161 Å². The van der Waals surface area contributed by atoms with E-state index in [1.165, 1.54) is 16.7 Å². The molecule has 0 bridgehead atoms. The first-order chi connectivity index (χ1) is 20.6. The molecule has 263 valence electrons. The van der Waals surface area contributed by atoms with Crippen molar-refractivity contribution in [3.63, 3.8) is 0 Å². The number of hydrogen-bond acceptors (Lipinski definition) is 3. The molecule has 0 fully saturated rings. The van der Waals surface area contributed by atoms with Gasteiger partial charge in [-0.3, -0.25) is 0 Å². The Morgan fingerprint density at radius 1 is 0.340 bits per heavy atom. The normalized spacial score (nSPS) is 13.3. The topological polar surface area (TPSA) is 27.7 Å². The van der Waals surface area contributed by atoms with Gasteiger partial charge in [0, 0.05) is 36.2 Å². The van der Waals surface area contributed by atoms with Crippen molar-refractivity contribution in [3.8, 4) is 17.2 Å². The first-order valence-corrected chi connectivity index (χ1v) is 18.0. The van der Waals surface area contributed by atoms with E-state index in [1.807, 2.05) is 0 Å². The van der Waals surface area contributed by atoms with Gasteiger partial charge >= 0.3 is 8.60 Å². The minimum Gasteiger partial charge on any atom is -0.408 e. The van der Waals surface area contributed by atoms with Gasteiger partial charge < -0.3 is 13.6 Å². The Labute approximate surface area is 302 Å². The molecular formula is C42H63O3PRh. The molecule has 0 atom stereocenters. The summed E-state index contributed by atoms with van der Waals surface area (Å²) >= 11 is 0. The molecule has 3 rings (SSSR count). The molecule has 47 heavy (non-hydrogen) atoms. The Balaban J connectivity index is 0.00000768. The fourth-order valence-electron chi connectivity index (χ4n) is 5.28. The second-order valence-corrected chi connectivity index (χ2v) is 20.1. The van der Waals surface area contributed by atoms with Gasteiger partial charge in [-0.25, -0.2) is 0 Å². The standard InChI is InChI=1S/C42H63O3P.Rh/c1-37(2,3)28-19-22-34(31(25-28)40(10,11)12)43-46(44-35-23-20-29(38(4,5)6)26-32(35)41(13,14)15)45-36-24-21-30(39(7,8)9)27-33(36)42(16,17)18;/h19-27H,1-18H3;. The summed E-state index contributed by atoms with van der Waals surface area (Å²) in [4.78, 5) is 0. The molecule has 0 saturated carbocycles. The first kappa shape index (κ1) is 41.3. The van der Waals surface area contributed by atoms with Gasteiger partial charge in [0.25, 0.3) is 0 Å². The van der Waals surface area contributed by atoms with E-state index in [0.717, 1.165) is 33.9 Å². The molecule has 0 aromatic heterocycles.